The Morgan fingerprint density at radius 2 is 2.04 bits per heavy atom. The van der Waals surface area contributed by atoms with Crippen molar-refractivity contribution in [3.63, 3.8) is 0 Å². The Labute approximate surface area is 145 Å². The number of nitrogens with zero attached hydrogens (tertiary/aromatic N) is 3. The summed E-state index contributed by atoms with van der Waals surface area (Å²) in [6.07, 6.45) is 7.61. The molecule has 1 saturated heterocycles. The van der Waals surface area contributed by atoms with Gasteiger partial charge in [0.05, 0.1) is 16.0 Å². The van der Waals surface area contributed by atoms with Crippen molar-refractivity contribution in [1.29, 1.82) is 0 Å². The quantitative estimate of drug-likeness (QED) is 0.847. The molecule has 3 heterocycles. The molecule has 1 amide bonds. The predicted molar refractivity (Wildman–Crippen MR) is 96.9 cm³/mol. The predicted octanol–water partition coefficient (Wildman–Crippen LogP) is 3.66. The second-order valence-corrected chi connectivity index (χ2v) is 7.85. The van der Waals surface area contributed by atoms with Crippen LogP contribution in [0.1, 0.15) is 30.7 Å². The van der Waals surface area contributed by atoms with E-state index < -0.39 is 0 Å². The molecule has 4 nitrogen and oxygen atoms in total. The third kappa shape index (κ3) is 3.75. The van der Waals surface area contributed by atoms with Gasteiger partial charge in [0, 0.05) is 42.3 Å². The van der Waals surface area contributed by atoms with Crippen molar-refractivity contribution in [3.8, 4) is 11.3 Å². The maximum absolute atomic E-state index is 12.2. The Balaban J connectivity index is 1.62. The topological polar surface area (TPSA) is 46.1 Å². The monoisotopic (exact) mass is 347 g/mol. The molecule has 0 unspecified atom stereocenters. The van der Waals surface area contributed by atoms with E-state index in [1.807, 2.05) is 30.2 Å². The summed E-state index contributed by atoms with van der Waals surface area (Å²) in [6.45, 7) is 3.68. The number of piperidine rings is 1. The summed E-state index contributed by atoms with van der Waals surface area (Å²) in [4.78, 5) is 23.1. The molecule has 1 aliphatic rings. The van der Waals surface area contributed by atoms with Crippen LogP contribution in [0.2, 0.25) is 0 Å². The van der Waals surface area contributed by atoms with Gasteiger partial charge in [-0.3, -0.25) is 9.78 Å². The number of rotatable bonds is 4. The van der Waals surface area contributed by atoms with Gasteiger partial charge in [0.1, 0.15) is 0 Å². The first-order valence-electron chi connectivity index (χ1n) is 7.86. The zero-order valence-corrected chi connectivity index (χ0v) is 15.1. The van der Waals surface area contributed by atoms with Crippen molar-refractivity contribution in [2.24, 2.45) is 0 Å². The first-order chi connectivity index (χ1) is 11.2. The zero-order valence-electron chi connectivity index (χ0n) is 13.4. The lowest BCUT2D eigenvalue weighted by Gasteiger charge is -2.32. The summed E-state index contributed by atoms with van der Waals surface area (Å²) in [7, 11) is 0. The Hall–Kier alpha value is -1.40. The van der Waals surface area contributed by atoms with Crippen molar-refractivity contribution < 1.29 is 4.79 Å². The fourth-order valence-corrected chi connectivity index (χ4v) is 4.19. The summed E-state index contributed by atoms with van der Waals surface area (Å²) in [5, 5.41) is 3.38. The summed E-state index contributed by atoms with van der Waals surface area (Å²) < 4.78 is 0. The number of carbonyl (C=O) groups is 1. The maximum atomic E-state index is 12.2. The summed E-state index contributed by atoms with van der Waals surface area (Å²) in [5.74, 6) is 0.747. The van der Waals surface area contributed by atoms with Gasteiger partial charge in [0.25, 0.3) is 0 Å². The zero-order chi connectivity index (χ0) is 16.2. The fourth-order valence-electron chi connectivity index (χ4n) is 2.84. The van der Waals surface area contributed by atoms with Crippen LogP contribution < -0.4 is 0 Å². The van der Waals surface area contributed by atoms with Crippen LogP contribution in [0.5, 0.6) is 0 Å². The first-order valence-corrected chi connectivity index (χ1v) is 10.0. The number of pyridine rings is 1. The molecule has 1 aliphatic heterocycles. The van der Waals surface area contributed by atoms with Crippen LogP contribution in [0.4, 0.5) is 0 Å². The molecule has 0 spiro atoms. The normalized spacial score (nSPS) is 17.2. The van der Waals surface area contributed by atoms with Gasteiger partial charge in [0.15, 0.2) is 0 Å². The van der Waals surface area contributed by atoms with E-state index in [1.54, 1.807) is 35.5 Å². The molecule has 1 atom stereocenters. The van der Waals surface area contributed by atoms with Crippen molar-refractivity contribution in [2.75, 3.05) is 19.3 Å². The van der Waals surface area contributed by atoms with Crippen LogP contribution in [-0.2, 0) is 4.79 Å². The minimum absolute atomic E-state index is 0.0599. The highest BCUT2D eigenvalue weighted by molar-refractivity contribution is 7.99. The Morgan fingerprint density at radius 1 is 1.35 bits per heavy atom. The van der Waals surface area contributed by atoms with Crippen LogP contribution in [0.3, 0.4) is 0 Å². The number of hydrogen-bond donors (Lipinski definition) is 0. The fraction of sp³-hybridized carbons (Fsp3) is 0.471. The lowest BCUT2D eigenvalue weighted by molar-refractivity contribution is -0.131. The minimum atomic E-state index is 0.0599. The van der Waals surface area contributed by atoms with Gasteiger partial charge >= 0.3 is 0 Å². The molecule has 6 heteroatoms. The molecule has 0 bridgehead atoms. The third-order valence-electron chi connectivity index (χ3n) is 4.36. The van der Waals surface area contributed by atoms with Gasteiger partial charge < -0.3 is 4.90 Å². The van der Waals surface area contributed by atoms with Crippen molar-refractivity contribution in [2.45, 2.75) is 30.9 Å². The molecule has 0 N–H and O–H groups in total. The first kappa shape index (κ1) is 16.5. The molecular weight excluding hydrogens is 326 g/mol. The van der Waals surface area contributed by atoms with E-state index in [1.165, 1.54) is 5.01 Å². The second-order valence-electron chi connectivity index (χ2n) is 5.78. The SMILES string of the molecule is CS[C@H](C)C(=O)N1CCC(c2nc(-c3ccncc3)cs2)CC1. The Kier molecular flexibility index (Phi) is 5.33. The Bertz CT molecular complexity index is 651. The third-order valence-corrected chi connectivity index (χ3v) is 6.27. The van der Waals surface area contributed by atoms with Gasteiger partial charge in [-0.25, -0.2) is 4.98 Å². The molecule has 0 saturated carbocycles. The van der Waals surface area contributed by atoms with Crippen molar-refractivity contribution in [3.05, 3.63) is 34.9 Å². The maximum Gasteiger partial charge on any atom is 0.235 e. The minimum Gasteiger partial charge on any atom is -0.342 e. The average molecular weight is 348 g/mol. The van der Waals surface area contributed by atoms with Gasteiger partial charge in [-0.15, -0.1) is 11.3 Å². The largest absolute Gasteiger partial charge is 0.342 e. The molecule has 0 aliphatic carbocycles. The number of thiazole rings is 1. The van der Waals surface area contributed by atoms with E-state index in [2.05, 4.69) is 10.4 Å². The van der Waals surface area contributed by atoms with Crippen LogP contribution >= 0.6 is 23.1 Å². The van der Waals surface area contributed by atoms with Crippen molar-refractivity contribution >= 4 is 29.0 Å². The molecule has 0 radical (unpaired) electrons. The number of carbonyl (C=O) groups excluding carboxylic acids is 1. The molecule has 2 aromatic rings. The molecule has 3 rings (SSSR count). The Morgan fingerprint density at radius 3 is 2.70 bits per heavy atom. The molecule has 23 heavy (non-hydrogen) atoms. The van der Waals surface area contributed by atoms with Gasteiger partial charge in [-0.05, 0) is 38.2 Å². The molecule has 122 valence electrons. The summed E-state index contributed by atoms with van der Waals surface area (Å²) in [6, 6.07) is 3.98. The van der Waals surface area contributed by atoms with Gasteiger partial charge in [-0.1, -0.05) is 0 Å². The van der Waals surface area contributed by atoms with E-state index in [-0.39, 0.29) is 11.2 Å². The molecule has 2 aromatic heterocycles. The second kappa shape index (κ2) is 7.45. The van der Waals surface area contributed by atoms with Crippen LogP contribution in [0, 0.1) is 0 Å². The molecular formula is C17H21N3OS2. The summed E-state index contributed by atoms with van der Waals surface area (Å²) in [5.41, 5.74) is 2.14. The van der Waals surface area contributed by atoms with Crippen LogP contribution in [0.15, 0.2) is 29.9 Å². The van der Waals surface area contributed by atoms with Crippen LogP contribution in [0.25, 0.3) is 11.3 Å². The lowest BCUT2D eigenvalue weighted by Crippen LogP contribution is -2.41. The van der Waals surface area contributed by atoms with E-state index in [0.29, 0.717) is 5.92 Å². The molecule has 1 fully saturated rings. The van der Waals surface area contributed by atoms with Crippen LogP contribution in [-0.4, -0.2) is 45.4 Å². The van der Waals surface area contributed by atoms with Gasteiger partial charge in [0.2, 0.25) is 5.91 Å². The van der Waals surface area contributed by atoms with E-state index in [4.69, 9.17) is 4.98 Å². The highest BCUT2D eigenvalue weighted by Gasteiger charge is 2.27. The highest BCUT2D eigenvalue weighted by Crippen LogP contribution is 2.33. The van der Waals surface area contributed by atoms with E-state index >= 15 is 0 Å². The number of hydrogen-bond acceptors (Lipinski definition) is 5. The highest BCUT2D eigenvalue weighted by atomic mass is 32.2. The summed E-state index contributed by atoms with van der Waals surface area (Å²) >= 11 is 3.35. The van der Waals surface area contributed by atoms with E-state index in [9.17, 15) is 4.79 Å². The average Bonchev–Trinajstić information content (AvgIpc) is 3.11. The van der Waals surface area contributed by atoms with E-state index in [0.717, 1.165) is 37.2 Å². The number of thioether (sulfide) groups is 1. The number of aromatic nitrogens is 2. The van der Waals surface area contributed by atoms with Gasteiger partial charge in [-0.2, -0.15) is 11.8 Å². The van der Waals surface area contributed by atoms with Crippen molar-refractivity contribution in [1.82, 2.24) is 14.9 Å². The standard InChI is InChI=1S/C17H21N3OS2/c1-12(22-2)17(21)20-9-5-14(6-10-20)16-19-15(11-23-16)13-3-7-18-8-4-13/h3-4,7-8,11-12,14H,5-6,9-10H2,1-2H3/t12-/m1/s1. The lowest BCUT2D eigenvalue weighted by atomic mass is 9.97. The number of likely N-dealkylation sites (tertiary alicyclic amines) is 1. The number of amides is 1. The smallest absolute Gasteiger partial charge is 0.235 e. The molecule has 0 aromatic carbocycles.